The molecule has 2 N–H and O–H groups in total. The third-order valence-corrected chi connectivity index (χ3v) is 4.21. The van der Waals surface area contributed by atoms with E-state index in [0.29, 0.717) is 49.4 Å². The van der Waals surface area contributed by atoms with Crippen LogP contribution in [0.5, 0.6) is 11.5 Å². The lowest BCUT2D eigenvalue weighted by molar-refractivity contribution is -0.138. The summed E-state index contributed by atoms with van der Waals surface area (Å²) >= 11 is 1.43. The van der Waals surface area contributed by atoms with Crippen molar-refractivity contribution >= 4 is 28.7 Å². The van der Waals surface area contributed by atoms with Crippen LogP contribution in [0.25, 0.3) is 0 Å². The number of carbonyl (C=O) groups excluding carboxylic acids is 2. The molecule has 0 unspecified atom stereocenters. The summed E-state index contributed by atoms with van der Waals surface area (Å²) in [6.07, 6.45) is 0.585. The van der Waals surface area contributed by atoms with Gasteiger partial charge in [0.05, 0.1) is 19.8 Å². The number of benzene rings is 1. The molecule has 1 aromatic rings. The predicted octanol–water partition coefficient (Wildman–Crippen LogP) is 1.36. The Morgan fingerprint density at radius 1 is 1.16 bits per heavy atom. The zero-order valence-electron chi connectivity index (χ0n) is 14.5. The van der Waals surface area contributed by atoms with Crippen LogP contribution in [0.1, 0.15) is 19.4 Å². The van der Waals surface area contributed by atoms with Gasteiger partial charge in [-0.15, -0.1) is 0 Å². The number of aliphatic imine (C=N–C) groups is 1. The summed E-state index contributed by atoms with van der Waals surface area (Å²) in [5.74, 6) is 0.867. The summed E-state index contributed by atoms with van der Waals surface area (Å²) in [6, 6.07) is 5.67. The number of amides is 2. The molecule has 1 aliphatic rings. The largest absolute Gasteiger partial charge is 0.490 e. The van der Waals surface area contributed by atoms with Gasteiger partial charge in [-0.05, 0) is 38.0 Å². The first-order valence-corrected chi connectivity index (χ1v) is 9.27. The van der Waals surface area contributed by atoms with Gasteiger partial charge in [-0.3, -0.25) is 19.9 Å². The standard InChI is InChI=1S/C17H23N3O4S/c1-3-23-13-6-5-12(11-14(13)24-4-2)7-8-18-15(21)16(22)20-17-19-9-10-25-17/h5-6,11H,3-4,7-10H2,1-2H3,(H,18,21)(H,19,20,22). The van der Waals surface area contributed by atoms with Gasteiger partial charge < -0.3 is 14.8 Å². The smallest absolute Gasteiger partial charge is 0.315 e. The van der Waals surface area contributed by atoms with Crippen LogP contribution in [-0.4, -0.2) is 49.0 Å². The van der Waals surface area contributed by atoms with Crippen molar-refractivity contribution in [1.29, 1.82) is 0 Å². The number of carbonyl (C=O) groups is 2. The zero-order valence-corrected chi connectivity index (χ0v) is 15.3. The van der Waals surface area contributed by atoms with Gasteiger partial charge in [-0.25, -0.2) is 0 Å². The van der Waals surface area contributed by atoms with Gasteiger partial charge in [-0.2, -0.15) is 0 Å². The minimum atomic E-state index is -0.685. The Labute approximate surface area is 151 Å². The number of hydrogen-bond donors (Lipinski definition) is 2. The molecule has 1 aliphatic heterocycles. The van der Waals surface area contributed by atoms with Gasteiger partial charge in [0.2, 0.25) is 0 Å². The van der Waals surface area contributed by atoms with E-state index in [0.717, 1.165) is 11.3 Å². The third-order valence-electron chi connectivity index (χ3n) is 3.32. The number of nitrogens with zero attached hydrogens (tertiary/aromatic N) is 1. The molecule has 2 rings (SSSR count). The van der Waals surface area contributed by atoms with E-state index in [1.165, 1.54) is 11.8 Å². The van der Waals surface area contributed by atoms with Crippen molar-refractivity contribution in [1.82, 2.24) is 10.6 Å². The maximum absolute atomic E-state index is 11.8. The topological polar surface area (TPSA) is 89.0 Å². The lowest BCUT2D eigenvalue weighted by Gasteiger charge is -2.12. The van der Waals surface area contributed by atoms with Crippen molar-refractivity contribution < 1.29 is 19.1 Å². The van der Waals surface area contributed by atoms with Crippen molar-refractivity contribution in [3.8, 4) is 11.5 Å². The normalized spacial score (nSPS) is 13.1. The zero-order chi connectivity index (χ0) is 18.1. The van der Waals surface area contributed by atoms with Crippen molar-refractivity contribution in [3.05, 3.63) is 23.8 Å². The summed E-state index contributed by atoms with van der Waals surface area (Å²) < 4.78 is 11.1. The molecule has 0 aromatic heterocycles. The van der Waals surface area contributed by atoms with Crippen LogP contribution in [-0.2, 0) is 16.0 Å². The Hall–Kier alpha value is -2.22. The third kappa shape index (κ3) is 5.97. The molecule has 25 heavy (non-hydrogen) atoms. The molecule has 2 amide bonds. The van der Waals surface area contributed by atoms with Crippen LogP contribution < -0.4 is 20.1 Å². The first-order valence-electron chi connectivity index (χ1n) is 8.29. The second-order valence-corrected chi connectivity index (χ2v) is 6.23. The minimum Gasteiger partial charge on any atom is -0.490 e. The fourth-order valence-corrected chi connectivity index (χ4v) is 2.94. The van der Waals surface area contributed by atoms with Gasteiger partial charge in [0.1, 0.15) is 0 Å². The molecule has 0 saturated heterocycles. The molecule has 1 heterocycles. The lowest BCUT2D eigenvalue weighted by Crippen LogP contribution is -2.42. The van der Waals surface area contributed by atoms with Crippen LogP contribution in [0.15, 0.2) is 23.2 Å². The molecule has 0 aliphatic carbocycles. The van der Waals surface area contributed by atoms with Gasteiger partial charge in [0.15, 0.2) is 16.7 Å². The maximum atomic E-state index is 11.8. The first kappa shape index (κ1) is 19.1. The number of rotatable bonds is 7. The van der Waals surface area contributed by atoms with Crippen LogP contribution in [0.4, 0.5) is 0 Å². The number of thioether (sulfide) groups is 1. The van der Waals surface area contributed by atoms with E-state index in [-0.39, 0.29) is 0 Å². The van der Waals surface area contributed by atoms with E-state index in [1.54, 1.807) is 0 Å². The first-order chi connectivity index (χ1) is 12.1. The predicted molar refractivity (Wildman–Crippen MR) is 98.4 cm³/mol. The molecule has 0 atom stereocenters. The molecule has 0 spiro atoms. The molecule has 1 aromatic carbocycles. The SMILES string of the molecule is CCOc1ccc(CCNC(=O)C(=O)NC2=NCCS2)cc1OCC. The van der Waals surface area contributed by atoms with E-state index in [1.807, 2.05) is 32.0 Å². The van der Waals surface area contributed by atoms with Gasteiger partial charge in [0.25, 0.3) is 0 Å². The fourth-order valence-electron chi connectivity index (χ4n) is 2.22. The monoisotopic (exact) mass is 365 g/mol. The molecular weight excluding hydrogens is 342 g/mol. The van der Waals surface area contributed by atoms with E-state index in [2.05, 4.69) is 15.6 Å². The van der Waals surface area contributed by atoms with Crippen LogP contribution in [0.2, 0.25) is 0 Å². The Morgan fingerprint density at radius 2 is 1.92 bits per heavy atom. The molecule has 0 radical (unpaired) electrons. The fraction of sp³-hybridized carbons (Fsp3) is 0.471. The van der Waals surface area contributed by atoms with Crippen LogP contribution in [0.3, 0.4) is 0 Å². The molecular formula is C17H23N3O4S. The maximum Gasteiger partial charge on any atom is 0.315 e. The Morgan fingerprint density at radius 3 is 2.60 bits per heavy atom. The highest BCUT2D eigenvalue weighted by Crippen LogP contribution is 2.28. The molecule has 7 nitrogen and oxygen atoms in total. The lowest BCUT2D eigenvalue weighted by atomic mass is 10.1. The van der Waals surface area contributed by atoms with Gasteiger partial charge >= 0.3 is 11.8 Å². The second-order valence-electron chi connectivity index (χ2n) is 5.14. The van der Waals surface area contributed by atoms with Crippen LogP contribution in [0, 0.1) is 0 Å². The summed E-state index contributed by atoms with van der Waals surface area (Å²) in [6.45, 7) is 5.96. The summed E-state index contributed by atoms with van der Waals surface area (Å²) in [4.78, 5) is 27.6. The second kappa shape index (κ2) is 9.93. The average molecular weight is 365 g/mol. The highest BCUT2D eigenvalue weighted by molar-refractivity contribution is 8.14. The Kier molecular flexibility index (Phi) is 7.59. The highest BCUT2D eigenvalue weighted by Gasteiger charge is 2.17. The number of amidine groups is 1. The molecule has 0 bridgehead atoms. The quantitative estimate of drug-likeness (QED) is 0.712. The Bertz CT molecular complexity index is 649. The highest BCUT2D eigenvalue weighted by atomic mass is 32.2. The average Bonchev–Trinajstić information content (AvgIpc) is 3.10. The summed E-state index contributed by atoms with van der Waals surface area (Å²) in [5, 5.41) is 5.62. The molecule has 0 saturated carbocycles. The Balaban J connectivity index is 1.82. The van der Waals surface area contributed by atoms with E-state index in [9.17, 15) is 9.59 Å². The van der Waals surface area contributed by atoms with Crippen molar-refractivity contribution in [2.45, 2.75) is 20.3 Å². The van der Waals surface area contributed by atoms with Crippen molar-refractivity contribution in [3.63, 3.8) is 0 Å². The van der Waals surface area contributed by atoms with Crippen molar-refractivity contribution in [2.24, 2.45) is 4.99 Å². The van der Waals surface area contributed by atoms with E-state index >= 15 is 0 Å². The molecule has 0 fully saturated rings. The number of nitrogens with one attached hydrogen (secondary N) is 2. The van der Waals surface area contributed by atoms with Gasteiger partial charge in [-0.1, -0.05) is 17.8 Å². The minimum absolute atomic E-state index is 0.353. The van der Waals surface area contributed by atoms with Gasteiger partial charge in [0, 0.05) is 12.3 Å². The van der Waals surface area contributed by atoms with Crippen molar-refractivity contribution in [2.75, 3.05) is 32.1 Å². The molecule has 8 heteroatoms. The summed E-state index contributed by atoms with van der Waals surface area (Å²) in [5.41, 5.74) is 0.989. The number of hydrogen-bond acceptors (Lipinski definition) is 6. The van der Waals surface area contributed by atoms with Crippen LogP contribution >= 0.6 is 11.8 Å². The summed E-state index contributed by atoms with van der Waals surface area (Å²) in [7, 11) is 0. The number of ether oxygens (including phenoxy) is 2. The van der Waals surface area contributed by atoms with E-state index < -0.39 is 11.8 Å². The molecule has 136 valence electrons. The van der Waals surface area contributed by atoms with E-state index in [4.69, 9.17) is 9.47 Å².